The lowest BCUT2D eigenvalue weighted by Crippen LogP contribution is -2.38. The highest BCUT2D eigenvalue weighted by Gasteiger charge is 2.37. The number of amidine groups is 1. The van der Waals surface area contributed by atoms with Crippen LogP contribution in [0.4, 0.5) is 13.2 Å². The fourth-order valence-corrected chi connectivity index (χ4v) is 1.57. The van der Waals surface area contributed by atoms with Crippen molar-refractivity contribution in [2.24, 2.45) is 10.9 Å². The molecule has 0 bridgehead atoms. The lowest BCUT2D eigenvalue weighted by atomic mass is 10.0. The zero-order chi connectivity index (χ0) is 15.3. The third-order valence-electron chi connectivity index (χ3n) is 2.78. The van der Waals surface area contributed by atoms with E-state index in [0.717, 1.165) is 11.1 Å². The molecule has 1 rings (SSSR count). The van der Waals surface area contributed by atoms with Crippen LogP contribution in [0, 0.1) is 6.92 Å². The Bertz CT molecular complexity index is 489. The Hall–Kier alpha value is -1.80. The van der Waals surface area contributed by atoms with Gasteiger partial charge in [0.1, 0.15) is 0 Å². The van der Waals surface area contributed by atoms with Crippen LogP contribution in [0.15, 0.2) is 23.4 Å². The zero-order valence-corrected chi connectivity index (χ0v) is 10.8. The summed E-state index contributed by atoms with van der Waals surface area (Å²) < 4.78 is 36.3. The highest BCUT2D eigenvalue weighted by atomic mass is 19.4. The number of benzene rings is 1. The van der Waals surface area contributed by atoms with Crippen molar-refractivity contribution in [3.05, 3.63) is 34.9 Å². The van der Waals surface area contributed by atoms with Crippen LogP contribution >= 0.6 is 0 Å². The van der Waals surface area contributed by atoms with Gasteiger partial charge in [0.05, 0.1) is 0 Å². The number of oxime groups is 1. The summed E-state index contributed by atoms with van der Waals surface area (Å²) in [5, 5.41) is 22.8. The molecule has 0 fully saturated rings. The normalized spacial score (nSPS) is 14.3. The molecule has 5 nitrogen and oxygen atoms in total. The second-order valence-electron chi connectivity index (χ2n) is 4.31. The van der Waals surface area contributed by atoms with Crippen molar-refractivity contribution >= 4 is 5.84 Å². The van der Waals surface area contributed by atoms with E-state index in [9.17, 15) is 13.2 Å². The second kappa shape index (κ2) is 6.58. The van der Waals surface area contributed by atoms with Crippen molar-refractivity contribution < 1.29 is 23.5 Å². The van der Waals surface area contributed by atoms with Crippen LogP contribution in [0.3, 0.4) is 0 Å². The number of aryl methyl sites for hydroxylation is 1. The molecule has 20 heavy (non-hydrogen) atoms. The van der Waals surface area contributed by atoms with Gasteiger partial charge in [-0.3, -0.25) is 0 Å². The number of nitrogens with two attached hydrogens (primary N) is 1. The fraction of sp³-hybridized carbons (Fsp3) is 0.417. The first-order valence-electron chi connectivity index (χ1n) is 5.78. The highest BCUT2D eigenvalue weighted by Crippen LogP contribution is 2.19. The maximum atomic E-state index is 12.1. The van der Waals surface area contributed by atoms with Gasteiger partial charge in [-0.2, -0.15) is 13.2 Å². The summed E-state index contributed by atoms with van der Waals surface area (Å²) in [6.45, 7) is 1.35. The van der Waals surface area contributed by atoms with Crippen molar-refractivity contribution in [2.45, 2.75) is 25.7 Å². The van der Waals surface area contributed by atoms with Crippen LogP contribution in [0.1, 0.15) is 16.7 Å². The van der Waals surface area contributed by atoms with Gasteiger partial charge in [0.15, 0.2) is 11.9 Å². The van der Waals surface area contributed by atoms with Crippen LogP contribution in [-0.2, 0) is 6.54 Å². The molecule has 5 N–H and O–H groups in total. The number of halogens is 3. The zero-order valence-electron chi connectivity index (χ0n) is 10.8. The first kappa shape index (κ1) is 16.3. The standard InChI is InChI=1S/C12H16F3N3O2/c1-7-4-8(11(16)18-20)2-3-9(7)5-17-6-10(19)12(13,14)15/h2-4,10,17,19-20H,5-6H2,1H3,(H2,16,18). The van der Waals surface area contributed by atoms with Gasteiger partial charge in [-0.05, 0) is 24.1 Å². The van der Waals surface area contributed by atoms with Crippen LogP contribution < -0.4 is 11.1 Å². The van der Waals surface area contributed by atoms with Crippen LogP contribution in [-0.4, -0.2) is 35.0 Å². The molecule has 1 aromatic rings. The van der Waals surface area contributed by atoms with Crippen molar-refractivity contribution in [3.8, 4) is 0 Å². The molecule has 0 radical (unpaired) electrons. The summed E-state index contributed by atoms with van der Waals surface area (Å²) >= 11 is 0. The van der Waals surface area contributed by atoms with E-state index in [0.29, 0.717) is 5.56 Å². The Morgan fingerprint density at radius 1 is 1.45 bits per heavy atom. The van der Waals surface area contributed by atoms with Gasteiger partial charge >= 0.3 is 6.18 Å². The maximum absolute atomic E-state index is 12.1. The van der Waals surface area contributed by atoms with Gasteiger partial charge in [0.2, 0.25) is 0 Å². The predicted molar refractivity (Wildman–Crippen MR) is 67.5 cm³/mol. The number of aliphatic hydroxyl groups excluding tert-OH is 1. The Morgan fingerprint density at radius 2 is 2.10 bits per heavy atom. The van der Waals surface area contributed by atoms with Gasteiger partial charge in [-0.25, -0.2) is 0 Å². The van der Waals surface area contributed by atoms with Crippen LogP contribution in [0.25, 0.3) is 0 Å². The third-order valence-corrected chi connectivity index (χ3v) is 2.78. The molecule has 0 saturated heterocycles. The van der Waals surface area contributed by atoms with Gasteiger partial charge in [0, 0.05) is 18.7 Å². The average Bonchev–Trinajstić information content (AvgIpc) is 2.38. The smallest absolute Gasteiger partial charge is 0.409 e. The molecule has 0 heterocycles. The fourth-order valence-electron chi connectivity index (χ4n) is 1.57. The minimum atomic E-state index is -4.63. The summed E-state index contributed by atoms with van der Waals surface area (Å²) in [7, 11) is 0. The Kier molecular flexibility index (Phi) is 5.34. The van der Waals surface area contributed by atoms with E-state index >= 15 is 0 Å². The molecule has 0 aliphatic rings. The largest absolute Gasteiger partial charge is 0.415 e. The lowest BCUT2D eigenvalue weighted by Gasteiger charge is -2.15. The van der Waals surface area contributed by atoms with E-state index in [1.807, 2.05) is 0 Å². The predicted octanol–water partition coefficient (Wildman–Crippen LogP) is 1.10. The molecule has 0 saturated carbocycles. The molecule has 1 aromatic carbocycles. The van der Waals surface area contributed by atoms with Crippen molar-refractivity contribution in [2.75, 3.05) is 6.54 Å². The molecule has 1 unspecified atom stereocenters. The van der Waals surface area contributed by atoms with E-state index in [1.165, 1.54) is 0 Å². The molecule has 112 valence electrons. The number of alkyl halides is 3. The van der Waals surface area contributed by atoms with E-state index in [1.54, 1.807) is 25.1 Å². The minimum Gasteiger partial charge on any atom is -0.409 e. The number of hydrogen-bond acceptors (Lipinski definition) is 4. The summed E-state index contributed by atoms with van der Waals surface area (Å²) in [5.41, 5.74) is 7.48. The molecule has 0 amide bonds. The van der Waals surface area contributed by atoms with Gasteiger partial charge < -0.3 is 21.4 Å². The van der Waals surface area contributed by atoms with E-state index < -0.39 is 18.8 Å². The Morgan fingerprint density at radius 3 is 2.60 bits per heavy atom. The van der Waals surface area contributed by atoms with E-state index in [-0.39, 0.29) is 12.4 Å². The summed E-state index contributed by atoms with van der Waals surface area (Å²) in [4.78, 5) is 0. The molecule has 1 atom stereocenters. The first-order chi connectivity index (χ1) is 9.25. The topological polar surface area (TPSA) is 90.9 Å². The second-order valence-corrected chi connectivity index (χ2v) is 4.31. The lowest BCUT2D eigenvalue weighted by molar-refractivity contribution is -0.201. The molecule has 0 aromatic heterocycles. The van der Waals surface area contributed by atoms with E-state index in [4.69, 9.17) is 16.0 Å². The van der Waals surface area contributed by atoms with Gasteiger partial charge in [0.25, 0.3) is 0 Å². The molecule has 0 spiro atoms. The van der Waals surface area contributed by atoms with Gasteiger partial charge in [-0.1, -0.05) is 17.3 Å². The van der Waals surface area contributed by atoms with Gasteiger partial charge in [-0.15, -0.1) is 0 Å². The average molecular weight is 291 g/mol. The highest BCUT2D eigenvalue weighted by molar-refractivity contribution is 5.97. The van der Waals surface area contributed by atoms with Crippen LogP contribution in [0.2, 0.25) is 0 Å². The molecule has 0 aliphatic heterocycles. The third kappa shape index (κ3) is 4.39. The first-order valence-corrected chi connectivity index (χ1v) is 5.78. The Labute approximate surface area is 113 Å². The molecular weight excluding hydrogens is 275 g/mol. The monoisotopic (exact) mass is 291 g/mol. The van der Waals surface area contributed by atoms with Crippen LogP contribution in [0.5, 0.6) is 0 Å². The Balaban J connectivity index is 2.62. The minimum absolute atomic E-state index is 0.0416. The number of rotatable bonds is 5. The van der Waals surface area contributed by atoms with Crippen molar-refractivity contribution in [1.29, 1.82) is 0 Å². The maximum Gasteiger partial charge on any atom is 0.415 e. The molecular formula is C12H16F3N3O2. The summed E-state index contributed by atoms with van der Waals surface area (Å²) in [5.74, 6) is -0.0416. The number of nitrogens with zero attached hydrogens (tertiary/aromatic N) is 1. The number of hydrogen-bond donors (Lipinski definition) is 4. The van der Waals surface area contributed by atoms with E-state index in [2.05, 4.69) is 10.5 Å². The number of aliphatic hydroxyl groups is 1. The number of nitrogens with one attached hydrogen (secondary N) is 1. The molecule has 0 aliphatic carbocycles. The molecule has 8 heteroatoms. The van der Waals surface area contributed by atoms with Crippen molar-refractivity contribution in [1.82, 2.24) is 5.32 Å². The van der Waals surface area contributed by atoms with Crippen molar-refractivity contribution in [3.63, 3.8) is 0 Å². The SMILES string of the molecule is Cc1cc(/C(N)=N/O)ccc1CNCC(O)C(F)(F)F. The summed E-state index contributed by atoms with van der Waals surface area (Å²) in [6, 6.07) is 4.92. The quantitative estimate of drug-likeness (QED) is 0.283. The summed E-state index contributed by atoms with van der Waals surface area (Å²) in [6.07, 6.45) is -7.02.